The first kappa shape index (κ1) is 12.8. The highest BCUT2D eigenvalue weighted by atomic mass is 32.2. The predicted molar refractivity (Wildman–Crippen MR) is 61.7 cm³/mol. The fourth-order valence-corrected chi connectivity index (χ4v) is 2.77. The first-order chi connectivity index (χ1) is 7.57. The number of nitrogens with zero attached hydrogens (tertiary/aromatic N) is 1. The van der Waals surface area contributed by atoms with Crippen molar-refractivity contribution in [2.75, 3.05) is 18.8 Å². The van der Waals surface area contributed by atoms with Crippen LogP contribution in [0.15, 0.2) is 0 Å². The molecule has 0 radical (unpaired) electrons. The molecule has 0 bridgehead atoms. The van der Waals surface area contributed by atoms with E-state index < -0.39 is 11.8 Å². The minimum atomic E-state index is -0.742. The number of thioether (sulfide) groups is 1. The van der Waals surface area contributed by atoms with Crippen molar-refractivity contribution in [2.24, 2.45) is 0 Å². The van der Waals surface area contributed by atoms with Crippen LogP contribution in [-0.4, -0.2) is 35.4 Å². The molecule has 1 aliphatic heterocycles. The van der Waals surface area contributed by atoms with Crippen LogP contribution < -0.4 is 10.6 Å². The monoisotopic (exact) mass is 241 g/mol. The largest absolute Gasteiger partial charge is 0.346 e. The number of hydrogen-bond donors (Lipinski definition) is 2. The SMILES string of the molecule is CC1(CNC(=O)C(=O)NCC#N)CCCS1. The number of rotatable bonds is 3. The highest BCUT2D eigenvalue weighted by molar-refractivity contribution is 8.00. The Balaban J connectivity index is 2.29. The smallest absolute Gasteiger partial charge is 0.310 e. The van der Waals surface area contributed by atoms with Crippen LogP contribution in [0.1, 0.15) is 19.8 Å². The minimum absolute atomic E-state index is 0.0468. The molecule has 0 aliphatic carbocycles. The molecule has 0 aromatic rings. The molecule has 2 N–H and O–H groups in total. The maximum atomic E-state index is 11.3. The van der Waals surface area contributed by atoms with Gasteiger partial charge in [0.25, 0.3) is 0 Å². The predicted octanol–water partition coefficient (Wildman–Crippen LogP) is 0.0281. The van der Waals surface area contributed by atoms with Gasteiger partial charge >= 0.3 is 11.8 Å². The first-order valence-electron chi connectivity index (χ1n) is 5.14. The lowest BCUT2D eigenvalue weighted by Gasteiger charge is -2.22. The third-order valence-corrected chi connectivity index (χ3v) is 4.00. The minimum Gasteiger partial charge on any atom is -0.346 e. The van der Waals surface area contributed by atoms with Gasteiger partial charge in [-0.05, 0) is 25.5 Å². The second-order valence-corrected chi connectivity index (χ2v) is 5.61. The number of carbonyl (C=O) groups excluding carboxylic acids is 2. The second-order valence-electron chi connectivity index (χ2n) is 3.93. The van der Waals surface area contributed by atoms with Crippen LogP contribution in [0, 0.1) is 11.3 Å². The number of nitriles is 1. The molecule has 2 amide bonds. The Labute approximate surface area is 99.0 Å². The molecule has 1 saturated heterocycles. The molecule has 0 spiro atoms. The maximum Gasteiger partial charge on any atom is 0.310 e. The Bertz CT molecular complexity index is 319. The van der Waals surface area contributed by atoms with Crippen molar-refractivity contribution in [3.05, 3.63) is 0 Å². The van der Waals surface area contributed by atoms with Crippen LogP contribution >= 0.6 is 11.8 Å². The number of nitrogens with one attached hydrogen (secondary N) is 2. The molecule has 1 unspecified atom stereocenters. The summed E-state index contributed by atoms with van der Waals surface area (Å²) in [7, 11) is 0. The summed E-state index contributed by atoms with van der Waals surface area (Å²) >= 11 is 1.82. The van der Waals surface area contributed by atoms with E-state index in [1.807, 2.05) is 11.8 Å². The molecule has 1 heterocycles. The van der Waals surface area contributed by atoms with Crippen molar-refractivity contribution in [1.82, 2.24) is 10.6 Å². The van der Waals surface area contributed by atoms with Crippen LogP contribution in [-0.2, 0) is 9.59 Å². The summed E-state index contributed by atoms with van der Waals surface area (Å²) in [4.78, 5) is 22.4. The Morgan fingerprint density at radius 1 is 1.44 bits per heavy atom. The van der Waals surface area contributed by atoms with Gasteiger partial charge in [0.05, 0.1) is 6.07 Å². The van der Waals surface area contributed by atoms with Crippen LogP contribution in [0.3, 0.4) is 0 Å². The fraction of sp³-hybridized carbons (Fsp3) is 0.700. The maximum absolute atomic E-state index is 11.3. The molecule has 16 heavy (non-hydrogen) atoms. The normalized spacial score (nSPS) is 23.5. The molecule has 1 rings (SSSR count). The Kier molecular flexibility index (Phi) is 4.62. The van der Waals surface area contributed by atoms with Gasteiger partial charge in [-0.3, -0.25) is 9.59 Å². The van der Waals surface area contributed by atoms with E-state index in [1.165, 1.54) is 0 Å². The van der Waals surface area contributed by atoms with Crippen LogP contribution in [0.2, 0.25) is 0 Å². The summed E-state index contributed by atoms with van der Waals surface area (Å²) in [6.45, 7) is 2.44. The van der Waals surface area contributed by atoms with Crippen molar-refractivity contribution in [3.63, 3.8) is 0 Å². The third kappa shape index (κ3) is 3.74. The second kappa shape index (κ2) is 5.75. The van der Waals surface area contributed by atoms with E-state index in [9.17, 15) is 9.59 Å². The van der Waals surface area contributed by atoms with Crippen molar-refractivity contribution in [2.45, 2.75) is 24.5 Å². The molecule has 0 aromatic heterocycles. The zero-order chi connectivity index (χ0) is 12.0. The van der Waals surface area contributed by atoms with Gasteiger partial charge in [-0.25, -0.2) is 0 Å². The summed E-state index contributed by atoms with van der Waals surface area (Å²) < 4.78 is 0.0468. The first-order valence-corrected chi connectivity index (χ1v) is 6.13. The van der Waals surface area contributed by atoms with Gasteiger partial charge in [-0.15, -0.1) is 0 Å². The molecule has 88 valence electrons. The van der Waals surface area contributed by atoms with E-state index in [4.69, 9.17) is 5.26 Å². The topological polar surface area (TPSA) is 82.0 Å². The van der Waals surface area contributed by atoms with E-state index in [1.54, 1.807) is 6.07 Å². The molecule has 0 aromatic carbocycles. The lowest BCUT2D eigenvalue weighted by Crippen LogP contribution is -2.44. The van der Waals surface area contributed by atoms with E-state index in [0.717, 1.165) is 18.6 Å². The van der Waals surface area contributed by atoms with Crippen molar-refractivity contribution in [1.29, 1.82) is 5.26 Å². The highest BCUT2D eigenvalue weighted by Crippen LogP contribution is 2.36. The van der Waals surface area contributed by atoms with Gasteiger partial charge < -0.3 is 10.6 Å². The number of carbonyl (C=O) groups is 2. The Hall–Kier alpha value is -1.22. The van der Waals surface area contributed by atoms with E-state index >= 15 is 0 Å². The lowest BCUT2D eigenvalue weighted by atomic mass is 10.1. The molecule has 1 fully saturated rings. The molecule has 0 saturated carbocycles. The molecular weight excluding hydrogens is 226 g/mol. The summed E-state index contributed by atoms with van der Waals surface area (Å²) in [6, 6.07) is 1.74. The quantitative estimate of drug-likeness (QED) is 0.539. The summed E-state index contributed by atoms with van der Waals surface area (Å²) in [5.41, 5.74) is 0. The highest BCUT2D eigenvalue weighted by Gasteiger charge is 2.30. The fourth-order valence-electron chi connectivity index (χ4n) is 1.52. The molecule has 5 nitrogen and oxygen atoms in total. The summed E-state index contributed by atoms with van der Waals surface area (Å²) in [5, 5.41) is 13.0. The lowest BCUT2D eigenvalue weighted by molar-refractivity contribution is -0.139. The molecule has 1 atom stereocenters. The number of amides is 2. The average Bonchev–Trinajstić information content (AvgIpc) is 2.70. The standard InChI is InChI=1S/C10H15N3O2S/c1-10(3-2-6-16-10)7-13-9(15)8(14)12-5-4-11/h2-3,5-7H2,1H3,(H,12,14)(H,13,15). The van der Waals surface area contributed by atoms with Crippen molar-refractivity contribution >= 4 is 23.6 Å². The number of hydrogen-bond acceptors (Lipinski definition) is 4. The Morgan fingerprint density at radius 3 is 2.69 bits per heavy atom. The molecular formula is C10H15N3O2S. The van der Waals surface area contributed by atoms with E-state index in [0.29, 0.717) is 6.54 Å². The van der Waals surface area contributed by atoms with Crippen molar-refractivity contribution < 1.29 is 9.59 Å². The van der Waals surface area contributed by atoms with Crippen molar-refractivity contribution in [3.8, 4) is 6.07 Å². The van der Waals surface area contributed by atoms with Gasteiger partial charge in [-0.1, -0.05) is 0 Å². The van der Waals surface area contributed by atoms with Gasteiger partial charge in [-0.2, -0.15) is 17.0 Å². The van der Waals surface area contributed by atoms with Gasteiger partial charge in [0, 0.05) is 11.3 Å². The van der Waals surface area contributed by atoms with Gasteiger partial charge in [0.2, 0.25) is 0 Å². The molecule has 1 aliphatic rings. The zero-order valence-corrected chi connectivity index (χ0v) is 10.0. The van der Waals surface area contributed by atoms with E-state index in [-0.39, 0.29) is 11.3 Å². The van der Waals surface area contributed by atoms with Gasteiger partial charge in [0.1, 0.15) is 6.54 Å². The van der Waals surface area contributed by atoms with Gasteiger partial charge in [0.15, 0.2) is 0 Å². The van der Waals surface area contributed by atoms with Crippen LogP contribution in [0.4, 0.5) is 0 Å². The third-order valence-electron chi connectivity index (χ3n) is 2.46. The summed E-state index contributed by atoms with van der Waals surface area (Å²) in [5.74, 6) is -0.301. The summed E-state index contributed by atoms with van der Waals surface area (Å²) in [6.07, 6.45) is 2.20. The van der Waals surface area contributed by atoms with E-state index in [2.05, 4.69) is 17.6 Å². The zero-order valence-electron chi connectivity index (χ0n) is 9.21. The van der Waals surface area contributed by atoms with Crippen LogP contribution in [0.5, 0.6) is 0 Å². The molecule has 6 heteroatoms. The van der Waals surface area contributed by atoms with Crippen LogP contribution in [0.25, 0.3) is 0 Å². The Morgan fingerprint density at radius 2 is 2.12 bits per heavy atom. The average molecular weight is 241 g/mol.